The molecule has 0 bridgehead atoms. The summed E-state index contributed by atoms with van der Waals surface area (Å²) in [6, 6.07) is 6.97. The van der Waals surface area contributed by atoms with Crippen molar-refractivity contribution in [2.45, 2.75) is 13.5 Å². The third-order valence-electron chi connectivity index (χ3n) is 2.88. The van der Waals surface area contributed by atoms with Gasteiger partial charge in [0.15, 0.2) is 6.54 Å². The van der Waals surface area contributed by atoms with Gasteiger partial charge >= 0.3 is 0 Å². The molecule has 0 aliphatic carbocycles. The minimum Gasteiger partial charge on any atom is -0.290 e. The largest absolute Gasteiger partial charge is 0.290 e. The van der Waals surface area contributed by atoms with Crippen LogP contribution in [0.25, 0.3) is 0 Å². The number of hydrogen-bond donors (Lipinski definition) is 0. The maximum Gasteiger partial charge on any atom is 0.253 e. The Morgan fingerprint density at radius 2 is 2.00 bits per heavy atom. The summed E-state index contributed by atoms with van der Waals surface area (Å²) >= 11 is 5.79. The van der Waals surface area contributed by atoms with Gasteiger partial charge in [-0.15, -0.1) is 0 Å². The van der Waals surface area contributed by atoms with Crippen LogP contribution < -0.4 is 4.57 Å². The topological polar surface area (TPSA) is 25.9 Å². The zero-order valence-electron chi connectivity index (χ0n) is 9.85. The smallest absolute Gasteiger partial charge is 0.253 e. The van der Waals surface area contributed by atoms with E-state index in [9.17, 15) is 4.79 Å². The van der Waals surface area contributed by atoms with E-state index in [-0.39, 0.29) is 5.78 Å². The Balaban J connectivity index is 2.17. The Morgan fingerprint density at radius 3 is 2.53 bits per heavy atom. The highest BCUT2D eigenvalue weighted by atomic mass is 35.5. The van der Waals surface area contributed by atoms with Crippen LogP contribution in [0.1, 0.15) is 16.2 Å². The number of imidazole rings is 1. The third-order valence-corrected chi connectivity index (χ3v) is 3.13. The first kappa shape index (κ1) is 11.9. The van der Waals surface area contributed by atoms with Crippen molar-refractivity contribution in [1.82, 2.24) is 4.57 Å². The summed E-state index contributed by atoms with van der Waals surface area (Å²) in [6.07, 6.45) is 3.84. The number of halogens is 1. The molecular weight excluding hydrogens is 236 g/mol. The Kier molecular flexibility index (Phi) is 3.29. The van der Waals surface area contributed by atoms with Crippen molar-refractivity contribution < 1.29 is 9.36 Å². The lowest BCUT2D eigenvalue weighted by Gasteiger charge is -2.00. The van der Waals surface area contributed by atoms with Crippen molar-refractivity contribution in [3.05, 3.63) is 53.1 Å². The lowest BCUT2D eigenvalue weighted by atomic mass is 10.1. The van der Waals surface area contributed by atoms with Crippen molar-refractivity contribution in [2.75, 3.05) is 0 Å². The first-order chi connectivity index (χ1) is 8.08. The van der Waals surface area contributed by atoms with E-state index in [1.54, 1.807) is 24.3 Å². The fraction of sp³-hybridized carbons (Fsp3) is 0.231. The first-order valence-corrected chi connectivity index (χ1v) is 5.76. The Hall–Kier alpha value is -1.61. The lowest BCUT2D eigenvalue weighted by Crippen LogP contribution is -2.30. The first-order valence-electron chi connectivity index (χ1n) is 5.38. The number of carbonyl (C=O) groups is 1. The van der Waals surface area contributed by atoms with E-state index in [0.29, 0.717) is 17.1 Å². The fourth-order valence-electron chi connectivity index (χ4n) is 1.65. The molecule has 0 amide bonds. The van der Waals surface area contributed by atoms with Gasteiger partial charge in [-0.25, -0.2) is 9.13 Å². The summed E-state index contributed by atoms with van der Waals surface area (Å²) < 4.78 is 3.91. The van der Waals surface area contributed by atoms with Crippen molar-refractivity contribution >= 4 is 17.4 Å². The molecule has 3 nitrogen and oxygen atoms in total. The molecule has 0 N–H and O–H groups in total. The van der Waals surface area contributed by atoms with Crippen LogP contribution in [0.3, 0.4) is 0 Å². The number of aryl methyl sites for hydroxylation is 1. The second-order valence-electron chi connectivity index (χ2n) is 4.01. The highest BCUT2D eigenvalue weighted by molar-refractivity contribution is 6.30. The molecule has 4 heteroatoms. The number of nitrogens with zero attached hydrogens (tertiary/aromatic N) is 2. The third kappa shape index (κ3) is 2.56. The molecule has 0 aliphatic heterocycles. The van der Waals surface area contributed by atoms with Gasteiger partial charge in [0.25, 0.3) is 5.82 Å². The molecule has 0 spiro atoms. The summed E-state index contributed by atoms with van der Waals surface area (Å²) in [5.74, 6) is 1.13. The quantitative estimate of drug-likeness (QED) is 0.605. The van der Waals surface area contributed by atoms with E-state index in [0.717, 1.165) is 5.82 Å². The predicted octanol–water partition coefficient (Wildman–Crippen LogP) is 2.16. The van der Waals surface area contributed by atoms with Gasteiger partial charge in [0.1, 0.15) is 12.4 Å². The minimum atomic E-state index is 0.0842. The zero-order chi connectivity index (χ0) is 12.4. The summed E-state index contributed by atoms with van der Waals surface area (Å²) in [4.78, 5) is 12.0. The van der Waals surface area contributed by atoms with E-state index in [1.165, 1.54) is 0 Å². The summed E-state index contributed by atoms with van der Waals surface area (Å²) in [5.41, 5.74) is 0.685. The normalized spacial score (nSPS) is 10.5. The summed E-state index contributed by atoms with van der Waals surface area (Å²) in [7, 11) is 1.96. The van der Waals surface area contributed by atoms with Gasteiger partial charge in [-0.3, -0.25) is 4.79 Å². The fourth-order valence-corrected chi connectivity index (χ4v) is 1.77. The number of benzene rings is 1. The van der Waals surface area contributed by atoms with E-state index in [4.69, 9.17) is 11.6 Å². The SMILES string of the molecule is Cc1n(CC(=O)c2ccc(Cl)cc2)cc[n+]1C. The van der Waals surface area contributed by atoms with Crippen LogP contribution in [0, 0.1) is 6.92 Å². The molecule has 1 aromatic heterocycles. The van der Waals surface area contributed by atoms with Gasteiger partial charge in [-0.05, 0) is 24.3 Å². The lowest BCUT2D eigenvalue weighted by molar-refractivity contribution is -0.677. The van der Waals surface area contributed by atoms with Gasteiger partial charge in [-0.1, -0.05) is 11.6 Å². The van der Waals surface area contributed by atoms with Crippen LogP contribution >= 0.6 is 11.6 Å². The van der Waals surface area contributed by atoms with Crippen LogP contribution in [-0.4, -0.2) is 10.4 Å². The highest BCUT2D eigenvalue weighted by Crippen LogP contribution is 2.10. The molecule has 0 radical (unpaired) electrons. The Bertz CT molecular complexity index is 543. The monoisotopic (exact) mass is 249 g/mol. The Morgan fingerprint density at radius 1 is 1.35 bits per heavy atom. The van der Waals surface area contributed by atoms with E-state index < -0.39 is 0 Å². The van der Waals surface area contributed by atoms with Gasteiger partial charge in [0, 0.05) is 17.5 Å². The number of carbonyl (C=O) groups excluding carboxylic acids is 1. The van der Waals surface area contributed by atoms with E-state index >= 15 is 0 Å². The minimum absolute atomic E-state index is 0.0842. The van der Waals surface area contributed by atoms with Gasteiger partial charge in [0.05, 0.1) is 7.05 Å². The summed E-state index contributed by atoms with van der Waals surface area (Å²) in [6.45, 7) is 2.34. The molecule has 1 heterocycles. The predicted molar refractivity (Wildman–Crippen MR) is 66.1 cm³/mol. The molecule has 0 saturated carbocycles. The molecule has 0 atom stereocenters. The molecule has 2 rings (SSSR count). The number of Topliss-reactive ketones (excluding diaryl/α,β-unsaturated/α-hetero) is 1. The van der Waals surface area contributed by atoms with E-state index in [2.05, 4.69) is 0 Å². The highest BCUT2D eigenvalue weighted by Gasteiger charge is 2.14. The number of ketones is 1. The van der Waals surface area contributed by atoms with Crippen molar-refractivity contribution in [1.29, 1.82) is 0 Å². The molecule has 1 aromatic carbocycles. The van der Waals surface area contributed by atoms with Crippen LogP contribution in [0.15, 0.2) is 36.7 Å². The molecule has 0 aliphatic rings. The average molecular weight is 250 g/mol. The van der Waals surface area contributed by atoms with Crippen molar-refractivity contribution in [3.8, 4) is 0 Å². The average Bonchev–Trinajstić information content (AvgIpc) is 2.62. The molecule has 0 unspecified atom stereocenters. The van der Waals surface area contributed by atoms with Gasteiger partial charge in [-0.2, -0.15) is 0 Å². The molecule has 0 saturated heterocycles. The maximum atomic E-state index is 12.0. The molecule has 17 heavy (non-hydrogen) atoms. The second kappa shape index (κ2) is 4.72. The van der Waals surface area contributed by atoms with Crippen LogP contribution in [0.4, 0.5) is 0 Å². The zero-order valence-corrected chi connectivity index (χ0v) is 10.6. The van der Waals surface area contributed by atoms with Gasteiger partial charge < -0.3 is 0 Å². The van der Waals surface area contributed by atoms with Crippen LogP contribution in [0.2, 0.25) is 5.02 Å². The molecule has 2 aromatic rings. The van der Waals surface area contributed by atoms with Gasteiger partial charge in [0.2, 0.25) is 5.78 Å². The number of rotatable bonds is 3. The van der Waals surface area contributed by atoms with Crippen LogP contribution in [-0.2, 0) is 13.6 Å². The van der Waals surface area contributed by atoms with Crippen molar-refractivity contribution in [2.24, 2.45) is 7.05 Å². The standard InChI is InChI=1S/C13H14ClN2O/c1-10-15(2)7-8-16(10)9-13(17)11-3-5-12(14)6-4-11/h3-8H,9H2,1-2H3/q+1. The summed E-state index contributed by atoms with van der Waals surface area (Å²) in [5, 5.41) is 0.644. The number of aromatic nitrogens is 2. The second-order valence-corrected chi connectivity index (χ2v) is 4.45. The Labute approximate surface area is 105 Å². The van der Waals surface area contributed by atoms with Crippen molar-refractivity contribution in [3.63, 3.8) is 0 Å². The van der Waals surface area contributed by atoms with Crippen LogP contribution in [0.5, 0.6) is 0 Å². The molecule has 0 fully saturated rings. The molecular formula is C13H14ClN2O+. The van der Waals surface area contributed by atoms with E-state index in [1.807, 2.05) is 35.5 Å². The maximum absolute atomic E-state index is 12.0. The molecule has 88 valence electrons. The number of hydrogen-bond acceptors (Lipinski definition) is 1.